The van der Waals surface area contributed by atoms with E-state index >= 15 is 0 Å². The Kier molecular flexibility index (Phi) is 7.95. The molecule has 39 heavy (non-hydrogen) atoms. The number of benzene rings is 3. The average molecular weight is 604 g/mol. The number of allylic oxidation sites excluding steroid dienone is 1. The van der Waals surface area contributed by atoms with Gasteiger partial charge < -0.3 is 9.47 Å². The van der Waals surface area contributed by atoms with Crippen molar-refractivity contribution in [1.82, 2.24) is 4.57 Å². The number of hydrogen-bond acceptors (Lipinski definition) is 6. The largest absolute Gasteiger partial charge is 0.489 e. The Morgan fingerprint density at radius 3 is 2.41 bits per heavy atom. The van der Waals surface area contributed by atoms with Crippen LogP contribution in [0.25, 0.3) is 6.08 Å². The summed E-state index contributed by atoms with van der Waals surface area (Å²) in [5.74, 6) is 0.276. The highest BCUT2D eigenvalue weighted by molar-refractivity contribution is 9.10. The van der Waals surface area contributed by atoms with Crippen LogP contribution in [-0.4, -0.2) is 16.6 Å². The van der Waals surface area contributed by atoms with Crippen molar-refractivity contribution < 1.29 is 14.3 Å². The van der Waals surface area contributed by atoms with Gasteiger partial charge in [-0.2, -0.15) is 0 Å². The maximum Gasteiger partial charge on any atom is 0.338 e. The van der Waals surface area contributed by atoms with Gasteiger partial charge in [-0.25, -0.2) is 9.79 Å². The van der Waals surface area contributed by atoms with E-state index in [9.17, 15) is 9.59 Å². The first-order valence-electron chi connectivity index (χ1n) is 12.6. The second-order valence-corrected chi connectivity index (χ2v) is 11.4. The number of hydrogen-bond donors (Lipinski definition) is 0. The summed E-state index contributed by atoms with van der Waals surface area (Å²) >= 11 is 4.75. The number of fused-ring (bicyclic) bond motifs is 1. The predicted octanol–water partition coefficient (Wildman–Crippen LogP) is 5.53. The molecule has 6 nitrogen and oxygen atoms in total. The van der Waals surface area contributed by atoms with E-state index in [2.05, 4.69) is 20.9 Å². The van der Waals surface area contributed by atoms with Gasteiger partial charge in [0, 0.05) is 4.47 Å². The Labute approximate surface area is 238 Å². The van der Waals surface area contributed by atoms with Gasteiger partial charge in [0.1, 0.15) is 12.4 Å². The molecule has 2 heterocycles. The number of rotatable bonds is 7. The zero-order chi connectivity index (χ0) is 27.5. The fourth-order valence-corrected chi connectivity index (χ4v) is 5.68. The summed E-state index contributed by atoms with van der Waals surface area (Å²) in [6.07, 6.45) is 1.55. The molecule has 4 aromatic rings. The molecule has 0 saturated carbocycles. The van der Waals surface area contributed by atoms with Crippen LogP contribution in [0.15, 0.2) is 104 Å². The van der Waals surface area contributed by atoms with Gasteiger partial charge in [-0.15, -0.1) is 0 Å². The second-order valence-electron chi connectivity index (χ2n) is 9.43. The Morgan fingerprint density at radius 2 is 1.74 bits per heavy atom. The normalized spacial score (nSPS) is 15.2. The lowest BCUT2D eigenvalue weighted by Gasteiger charge is -2.25. The van der Waals surface area contributed by atoms with Crippen molar-refractivity contribution >= 4 is 39.3 Å². The third-order valence-electron chi connectivity index (χ3n) is 6.20. The summed E-state index contributed by atoms with van der Waals surface area (Å²) in [4.78, 5) is 32.1. The van der Waals surface area contributed by atoms with Crippen LogP contribution < -0.4 is 19.6 Å². The van der Waals surface area contributed by atoms with Gasteiger partial charge in [-0.3, -0.25) is 9.36 Å². The summed E-state index contributed by atoms with van der Waals surface area (Å²) in [5.41, 5.74) is 3.48. The van der Waals surface area contributed by atoms with Crippen LogP contribution in [0, 0.1) is 0 Å². The predicted molar refractivity (Wildman–Crippen MR) is 156 cm³/mol. The zero-order valence-electron chi connectivity index (χ0n) is 21.8. The van der Waals surface area contributed by atoms with E-state index in [0.29, 0.717) is 27.2 Å². The minimum Gasteiger partial charge on any atom is -0.489 e. The first-order chi connectivity index (χ1) is 18.8. The van der Waals surface area contributed by atoms with E-state index in [1.165, 1.54) is 11.3 Å². The quantitative estimate of drug-likeness (QED) is 0.261. The van der Waals surface area contributed by atoms with Crippen molar-refractivity contribution in [3.05, 3.63) is 131 Å². The molecule has 1 aliphatic heterocycles. The molecule has 5 rings (SSSR count). The van der Waals surface area contributed by atoms with Gasteiger partial charge in [0.25, 0.3) is 5.56 Å². The summed E-state index contributed by atoms with van der Waals surface area (Å²) in [5, 5.41) is 0. The second kappa shape index (κ2) is 11.6. The highest BCUT2D eigenvalue weighted by Crippen LogP contribution is 2.30. The van der Waals surface area contributed by atoms with Crippen LogP contribution in [0.1, 0.15) is 43.5 Å². The lowest BCUT2D eigenvalue weighted by Crippen LogP contribution is -2.40. The van der Waals surface area contributed by atoms with E-state index in [-0.39, 0.29) is 11.7 Å². The van der Waals surface area contributed by atoms with Crippen LogP contribution in [0.3, 0.4) is 0 Å². The van der Waals surface area contributed by atoms with Crippen LogP contribution in [0.2, 0.25) is 0 Å². The fraction of sp³-hybridized carbons (Fsp3) is 0.194. The van der Waals surface area contributed by atoms with Crippen LogP contribution in [-0.2, 0) is 16.1 Å². The summed E-state index contributed by atoms with van der Waals surface area (Å²) in [6, 6.07) is 24.5. The molecular formula is C31H27BrN2O4S. The summed E-state index contributed by atoms with van der Waals surface area (Å²) in [6.45, 7) is 5.86. The smallest absolute Gasteiger partial charge is 0.338 e. The van der Waals surface area contributed by atoms with Gasteiger partial charge in [-0.1, -0.05) is 81.9 Å². The standard InChI is InChI=1S/C31H27BrN2O4S/c1-19(2)38-30(36)27-20(3)33-31-34(28(27)23-7-5-4-6-8-23)29(35)26(39-31)17-21-11-15-25(16-12-21)37-18-22-9-13-24(32)14-10-22/h4-17,19,28H,18H2,1-3H3. The molecule has 0 radical (unpaired) electrons. The van der Waals surface area contributed by atoms with Crippen molar-refractivity contribution in [2.75, 3.05) is 0 Å². The molecule has 0 spiro atoms. The molecule has 1 unspecified atom stereocenters. The number of carbonyl (C=O) groups is 1. The van der Waals surface area contributed by atoms with Gasteiger partial charge in [0.05, 0.1) is 27.9 Å². The van der Waals surface area contributed by atoms with Crippen molar-refractivity contribution in [2.45, 2.75) is 39.5 Å². The first-order valence-corrected chi connectivity index (χ1v) is 14.2. The van der Waals surface area contributed by atoms with Crippen LogP contribution in [0.5, 0.6) is 5.75 Å². The van der Waals surface area contributed by atoms with E-state index < -0.39 is 12.0 Å². The lowest BCUT2D eigenvalue weighted by atomic mass is 9.96. The molecule has 1 aromatic heterocycles. The van der Waals surface area contributed by atoms with Gasteiger partial charge in [-0.05, 0) is 67.8 Å². The van der Waals surface area contributed by atoms with Crippen molar-refractivity contribution in [3.63, 3.8) is 0 Å². The third-order valence-corrected chi connectivity index (χ3v) is 7.71. The molecule has 0 amide bonds. The molecule has 0 fully saturated rings. The molecule has 3 aromatic carbocycles. The molecule has 1 atom stereocenters. The molecule has 0 saturated heterocycles. The number of aromatic nitrogens is 1. The van der Waals surface area contributed by atoms with Gasteiger partial charge in [0.2, 0.25) is 0 Å². The van der Waals surface area contributed by atoms with E-state index in [4.69, 9.17) is 9.47 Å². The van der Waals surface area contributed by atoms with Crippen molar-refractivity contribution in [2.24, 2.45) is 4.99 Å². The molecule has 0 aliphatic carbocycles. The lowest BCUT2D eigenvalue weighted by molar-refractivity contribution is -0.143. The molecule has 8 heteroatoms. The molecule has 198 valence electrons. The minimum atomic E-state index is -0.620. The zero-order valence-corrected chi connectivity index (χ0v) is 24.2. The topological polar surface area (TPSA) is 69.9 Å². The van der Waals surface area contributed by atoms with Crippen molar-refractivity contribution in [3.8, 4) is 5.75 Å². The fourth-order valence-electron chi connectivity index (χ4n) is 4.37. The highest BCUT2D eigenvalue weighted by Gasteiger charge is 2.33. The van der Waals surface area contributed by atoms with E-state index in [1.54, 1.807) is 25.3 Å². The van der Waals surface area contributed by atoms with Crippen molar-refractivity contribution in [1.29, 1.82) is 0 Å². The molecule has 1 aliphatic rings. The Morgan fingerprint density at radius 1 is 1.05 bits per heavy atom. The number of carbonyl (C=O) groups excluding carboxylic acids is 1. The minimum absolute atomic E-state index is 0.203. The summed E-state index contributed by atoms with van der Waals surface area (Å²) < 4.78 is 14.6. The maximum atomic E-state index is 13.7. The van der Waals surface area contributed by atoms with Gasteiger partial charge in [0.15, 0.2) is 4.80 Å². The first kappa shape index (κ1) is 26.8. The number of ether oxygens (including phenoxy) is 2. The summed E-state index contributed by atoms with van der Waals surface area (Å²) in [7, 11) is 0. The average Bonchev–Trinajstić information content (AvgIpc) is 3.22. The third kappa shape index (κ3) is 5.97. The van der Waals surface area contributed by atoms with Crippen LogP contribution >= 0.6 is 27.3 Å². The Balaban J connectivity index is 1.48. The molecule has 0 N–H and O–H groups in total. The van der Waals surface area contributed by atoms with E-state index in [1.807, 2.05) is 84.9 Å². The Hall–Kier alpha value is -3.75. The number of thiazole rings is 1. The van der Waals surface area contributed by atoms with Gasteiger partial charge >= 0.3 is 5.97 Å². The van der Waals surface area contributed by atoms with Crippen LogP contribution in [0.4, 0.5) is 0 Å². The number of halogens is 1. The SMILES string of the molecule is CC1=C(C(=O)OC(C)C)C(c2ccccc2)n2c(sc(=Cc3ccc(OCc4ccc(Br)cc4)cc3)c2=O)=N1. The monoisotopic (exact) mass is 602 g/mol. The molecule has 0 bridgehead atoms. The highest BCUT2D eigenvalue weighted by atomic mass is 79.9. The number of esters is 1. The van der Waals surface area contributed by atoms with E-state index in [0.717, 1.165) is 26.9 Å². The Bertz CT molecular complexity index is 1700. The number of nitrogens with zero attached hydrogens (tertiary/aromatic N) is 2. The molecular weight excluding hydrogens is 576 g/mol. The maximum absolute atomic E-state index is 13.7.